The lowest BCUT2D eigenvalue weighted by Crippen LogP contribution is -2.60. The molecule has 300 valence electrons. The van der Waals surface area contributed by atoms with Gasteiger partial charge in [-0.2, -0.15) is 0 Å². The fourth-order valence-electron chi connectivity index (χ4n) is 7.47. The lowest BCUT2D eigenvalue weighted by Gasteiger charge is -2.36. The molecule has 1 saturated heterocycles. The normalized spacial score (nSPS) is 28.6. The van der Waals surface area contributed by atoms with Gasteiger partial charge < -0.3 is 47.3 Å². The van der Waals surface area contributed by atoms with Crippen molar-refractivity contribution in [3.63, 3.8) is 0 Å². The minimum absolute atomic E-state index is 0.0506. The number of rotatable bonds is 14. The Morgan fingerprint density at radius 2 is 1.50 bits per heavy atom. The molecule has 1 aliphatic carbocycles. The van der Waals surface area contributed by atoms with Gasteiger partial charge in [0.1, 0.15) is 18.1 Å². The molecule has 2 rings (SSSR count). The zero-order valence-electron chi connectivity index (χ0n) is 33.4. The number of ether oxygens (including phenoxy) is 1. The highest BCUT2D eigenvalue weighted by Gasteiger charge is 2.37. The summed E-state index contributed by atoms with van der Waals surface area (Å²) in [6.07, 6.45) is 12.5. The van der Waals surface area contributed by atoms with Gasteiger partial charge in [0.25, 0.3) is 0 Å². The van der Waals surface area contributed by atoms with Crippen molar-refractivity contribution in [2.75, 3.05) is 46.9 Å². The summed E-state index contributed by atoms with van der Waals surface area (Å²) >= 11 is 0. The maximum Gasteiger partial charge on any atom is 0.244 e. The van der Waals surface area contributed by atoms with Crippen molar-refractivity contribution >= 4 is 23.6 Å². The maximum absolute atomic E-state index is 14.3. The molecule has 2 aliphatic rings. The molecule has 0 aromatic rings. The Morgan fingerprint density at radius 1 is 0.827 bits per heavy atom. The minimum Gasteiger partial charge on any atom is -0.375 e. The highest BCUT2D eigenvalue weighted by Crippen LogP contribution is 2.29. The number of nitrogens with two attached hydrogens (primary N) is 2. The largest absolute Gasteiger partial charge is 0.375 e. The van der Waals surface area contributed by atoms with Gasteiger partial charge in [0, 0.05) is 31.9 Å². The molecule has 13 nitrogen and oxygen atoms in total. The van der Waals surface area contributed by atoms with E-state index < -0.39 is 48.1 Å². The molecule has 52 heavy (non-hydrogen) atoms. The highest BCUT2D eigenvalue weighted by atomic mass is 16.5. The first-order valence-electron chi connectivity index (χ1n) is 20.2. The third kappa shape index (κ3) is 14.9. The molecule has 0 aromatic carbocycles. The first kappa shape index (κ1) is 45.4. The van der Waals surface area contributed by atoms with Gasteiger partial charge in [0.05, 0.1) is 24.7 Å². The van der Waals surface area contributed by atoms with E-state index >= 15 is 0 Å². The summed E-state index contributed by atoms with van der Waals surface area (Å²) in [6, 6.07) is -3.34. The van der Waals surface area contributed by atoms with Gasteiger partial charge in [-0.25, -0.2) is 0 Å². The zero-order valence-corrected chi connectivity index (χ0v) is 33.4. The molecule has 1 aliphatic heterocycles. The molecule has 1 saturated carbocycles. The molecule has 1 heterocycles. The van der Waals surface area contributed by atoms with Gasteiger partial charge in [-0.3, -0.25) is 19.2 Å². The number of nitrogens with zero attached hydrogens (tertiary/aromatic N) is 2. The second-order valence-corrected chi connectivity index (χ2v) is 15.3. The van der Waals surface area contributed by atoms with Crippen molar-refractivity contribution < 1.29 is 23.9 Å². The summed E-state index contributed by atoms with van der Waals surface area (Å²) in [5.74, 6) is -1.57. The molecule has 0 spiro atoms. The SMILES string of the molecule is C=C1NC(CN)C(=O)NC(CN(C)CCCN)C(=O)N[C@H](C)CO[C@H](CCCCCC)C(C)C(=O)N(C)C(CCC)C(=O)NC1C1CCCCCC1. The van der Waals surface area contributed by atoms with E-state index in [9.17, 15) is 19.2 Å². The number of carbonyl (C=O) groups is 4. The summed E-state index contributed by atoms with van der Waals surface area (Å²) in [4.78, 5) is 59.6. The molecule has 2 fully saturated rings. The number of amides is 4. The molecule has 8 N–H and O–H groups in total. The molecule has 0 aromatic heterocycles. The van der Waals surface area contributed by atoms with Crippen LogP contribution in [0.25, 0.3) is 0 Å². The first-order valence-corrected chi connectivity index (χ1v) is 20.2. The smallest absolute Gasteiger partial charge is 0.244 e. The van der Waals surface area contributed by atoms with Crippen LogP contribution in [0.3, 0.4) is 0 Å². The summed E-state index contributed by atoms with van der Waals surface area (Å²) in [5, 5.41) is 12.5. The van der Waals surface area contributed by atoms with Crippen LogP contribution in [0.5, 0.6) is 0 Å². The Morgan fingerprint density at radius 3 is 2.12 bits per heavy atom. The van der Waals surface area contributed by atoms with E-state index in [1.54, 1.807) is 11.9 Å². The molecule has 4 amide bonds. The van der Waals surface area contributed by atoms with Crippen molar-refractivity contribution in [1.82, 2.24) is 31.1 Å². The summed E-state index contributed by atoms with van der Waals surface area (Å²) < 4.78 is 6.44. The molecule has 0 bridgehead atoms. The fraction of sp³-hybridized carbons (Fsp3) is 0.846. The predicted octanol–water partition coefficient (Wildman–Crippen LogP) is 2.77. The Hall–Kier alpha value is -2.74. The molecule has 13 heteroatoms. The van der Waals surface area contributed by atoms with Gasteiger partial charge >= 0.3 is 0 Å². The third-order valence-electron chi connectivity index (χ3n) is 10.7. The zero-order chi connectivity index (χ0) is 38.6. The molecule has 7 atom stereocenters. The average molecular weight is 735 g/mol. The van der Waals surface area contributed by atoms with Crippen molar-refractivity contribution in [3.05, 3.63) is 12.3 Å². The predicted molar refractivity (Wildman–Crippen MR) is 208 cm³/mol. The van der Waals surface area contributed by atoms with Gasteiger partial charge in [-0.15, -0.1) is 0 Å². The van der Waals surface area contributed by atoms with Crippen LogP contribution in [0.4, 0.5) is 0 Å². The number of hydrogen-bond donors (Lipinski definition) is 6. The number of likely N-dealkylation sites (N-methyl/N-ethyl adjacent to an activating group) is 2. The van der Waals surface area contributed by atoms with Crippen molar-refractivity contribution in [3.8, 4) is 0 Å². The van der Waals surface area contributed by atoms with Crippen LogP contribution in [0.15, 0.2) is 12.3 Å². The maximum atomic E-state index is 14.3. The van der Waals surface area contributed by atoms with Gasteiger partial charge in [-0.05, 0) is 65.1 Å². The van der Waals surface area contributed by atoms with Crippen molar-refractivity contribution in [1.29, 1.82) is 0 Å². The molecular weight excluding hydrogens is 660 g/mol. The number of nitrogens with one attached hydrogen (secondary N) is 4. The lowest BCUT2D eigenvalue weighted by molar-refractivity contribution is -0.146. The van der Waals surface area contributed by atoms with Gasteiger partial charge in [-0.1, -0.05) is 85.1 Å². The van der Waals surface area contributed by atoms with E-state index in [1.165, 1.54) is 0 Å². The topological polar surface area (TPSA) is 184 Å². The minimum atomic E-state index is -0.893. The van der Waals surface area contributed by atoms with Crippen LogP contribution < -0.4 is 32.7 Å². The van der Waals surface area contributed by atoms with E-state index in [-0.39, 0.29) is 43.3 Å². The van der Waals surface area contributed by atoms with Gasteiger partial charge in [0.2, 0.25) is 23.6 Å². The third-order valence-corrected chi connectivity index (χ3v) is 10.7. The number of hydrogen-bond acceptors (Lipinski definition) is 9. The second-order valence-electron chi connectivity index (χ2n) is 15.3. The summed E-state index contributed by atoms with van der Waals surface area (Å²) in [6.45, 7) is 13.8. The quantitative estimate of drug-likeness (QED) is 0.115. The van der Waals surface area contributed by atoms with Crippen molar-refractivity contribution in [2.24, 2.45) is 23.3 Å². The molecule has 5 unspecified atom stereocenters. The van der Waals surface area contributed by atoms with Gasteiger partial charge in [0.15, 0.2) is 0 Å². The van der Waals surface area contributed by atoms with Crippen LogP contribution in [-0.4, -0.2) is 117 Å². The van der Waals surface area contributed by atoms with Crippen molar-refractivity contribution in [2.45, 2.75) is 154 Å². The molecule has 0 radical (unpaired) electrons. The van der Waals surface area contributed by atoms with E-state index in [0.29, 0.717) is 38.0 Å². The lowest BCUT2D eigenvalue weighted by atomic mass is 9.89. The van der Waals surface area contributed by atoms with Crippen LogP contribution in [0.1, 0.15) is 118 Å². The highest BCUT2D eigenvalue weighted by molar-refractivity contribution is 5.91. The van der Waals surface area contributed by atoms with E-state index in [2.05, 4.69) is 34.8 Å². The Bertz CT molecular complexity index is 1100. The van der Waals surface area contributed by atoms with E-state index in [1.807, 2.05) is 32.7 Å². The van der Waals surface area contributed by atoms with Crippen LogP contribution >= 0.6 is 0 Å². The van der Waals surface area contributed by atoms with E-state index in [4.69, 9.17) is 16.2 Å². The number of unbranched alkanes of at least 4 members (excludes halogenated alkanes) is 3. The average Bonchev–Trinajstić information content (AvgIpc) is 3.41. The first-order chi connectivity index (χ1) is 24.9. The number of carbonyl (C=O) groups excluding carboxylic acids is 4. The summed E-state index contributed by atoms with van der Waals surface area (Å²) in [5.41, 5.74) is 12.4. The van der Waals surface area contributed by atoms with Crippen LogP contribution in [0, 0.1) is 11.8 Å². The summed E-state index contributed by atoms with van der Waals surface area (Å²) in [7, 11) is 3.60. The van der Waals surface area contributed by atoms with Crippen LogP contribution in [0.2, 0.25) is 0 Å². The van der Waals surface area contributed by atoms with E-state index in [0.717, 1.165) is 70.6 Å². The monoisotopic (exact) mass is 735 g/mol. The Balaban J connectivity index is 2.56. The Kier molecular flexibility index (Phi) is 21.4. The fourth-order valence-corrected chi connectivity index (χ4v) is 7.47. The molecular formula is C39H74N8O5. The Labute approximate surface area is 314 Å². The van der Waals surface area contributed by atoms with Crippen LogP contribution in [-0.2, 0) is 23.9 Å². The standard InChI is InChI=1S/C39H74N8O5/c1-8-10-11-16-21-34-28(4)39(51)47(7)33(18-9-2)38(50)45-35(30-19-14-12-13-15-20-30)29(5)43-31(24-41)36(48)44-32(25-46(6)23-17-22-40)37(49)42-27(3)26-52-34/h27-28,30-35,43H,5,8-26,40-41H2,1-4,6-7H3,(H,42,49)(H,44,48)(H,45,50)/t27-,28?,31?,32?,33?,34-,35?/m1/s1. The second kappa shape index (κ2) is 24.6.